The lowest BCUT2D eigenvalue weighted by Gasteiger charge is -2.10. The van der Waals surface area contributed by atoms with Crippen molar-refractivity contribution in [3.8, 4) is 11.1 Å². The van der Waals surface area contributed by atoms with E-state index in [1.165, 1.54) is 6.07 Å². The first kappa shape index (κ1) is 15.7. The lowest BCUT2D eigenvalue weighted by atomic mass is 10.0. The Morgan fingerprint density at radius 3 is 2.45 bits per heavy atom. The van der Waals surface area contributed by atoms with Crippen LogP contribution in [0.15, 0.2) is 30.5 Å². The molecule has 1 aromatic carbocycles. The Morgan fingerprint density at radius 2 is 1.95 bits per heavy atom. The van der Waals surface area contributed by atoms with E-state index < -0.39 is 23.5 Å². The second-order valence-corrected chi connectivity index (χ2v) is 4.35. The highest BCUT2D eigenvalue weighted by atomic mass is 19.4. The number of anilines is 1. The molecule has 116 valence electrons. The summed E-state index contributed by atoms with van der Waals surface area (Å²) in [6.07, 6.45) is -3.50. The van der Waals surface area contributed by atoms with E-state index in [0.717, 1.165) is 25.4 Å². The fraction of sp³-hybridized carbons (Fsp3) is 0.143. The summed E-state index contributed by atoms with van der Waals surface area (Å²) < 4.78 is 55.8. The first-order valence-electron chi connectivity index (χ1n) is 5.95. The van der Waals surface area contributed by atoms with E-state index >= 15 is 0 Å². The van der Waals surface area contributed by atoms with Crippen LogP contribution in [0.4, 0.5) is 23.2 Å². The van der Waals surface area contributed by atoms with Crippen molar-refractivity contribution in [2.45, 2.75) is 6.18 Å². The van der Waals surface area contributed by atoms with E-state index in [2.05, 4.69) is 9.72 Å². The van der Waals surface area contributed by atoms with Gasteiger partial charge in [0.1, 0.15) is 5.82 Å². The largest absolute Gasteiger partial charge is 0.464 e. The lowest BCUT2D eigenvalue weighted by molar-refractivity contribution is -0.137. The van der Waals surface area contributed by atoms with Crippen LogP contribution in [0.25, 0.3) is 11.1 Å². The maximum atomic E-state index is 13.9. The van der Waals surface area contributed by atoms with Gasteiger partial charge in [0.25, 0.3) is 0 Å². The molecule has 0 unspecified atom stereocenters. The maximum Gasteiger partial charge on any atom is 0.416 e. The Hall–Kier alpha value is -2.64. The van der Waals surface area contributed by atoms with Gasteiger partial charge in [0.15, 0.2) is 5.69 Å². The number of nitrogens with two attached hydrogens (primary N) is 1. The number of ether oxygens (including phenoxy) is 1. The molecule has 2 rings (SSSR count). The number of nitrogen functional groups attached to an aromatic ring is 1. The van der Waals surface area contributed by atoms with Gasteiger partial charge in [0.2, 0.25) is 0 Å². The maximum absolute atomic E-state index is 13.9. The van der Waals surface area contributed by atoms with Gasteiger partial charge in [-0.15, -0.1) is 0 Å². The summed E-state index contributed by atoms with van der Waals surface area (Å²) in [5.74, 6) is -1.83. The minimum atomic E-state index is -4.63. The molecule has 4 nitrogen and oxygen atoms in total. The number of benzene rings is 1. The van der Waals surface area contributed by atoms with Gasteiger partial charge in [-0.2, -0.15) is 13.2 Å². The van der Waals surface area contributed by atoms with Crippen molar-refractivity contribution in [2.24, 2.45) is 0 Å². The van der Waals surface area contributed by atoms with Crippen LogP contribution in [-0.2, 0) is 10.9 Å². The number of pyridine rings is 1. The molecular weight excluding hydrogens is 304 g/mol. The molecule has 0 fully saturated rings. The number of nitrogens with zero attached hydrogens (tertiary/aromatic N) is 1. The highest BCUT2D eigenvalue weighted by molar-refractivity contribution is 5.93. The topological polar surface area (TPSA) is 65.2 Å². The van der Waals surface area contributed by atoms with Crippen molar-refractivity contribution >= 4 is 11.7 Å². The first-order valence-corrected chi connectivity index (χ1v) is 5.95. The number of esters is 1. The van der Waals surface area contributed by atoms with Crippen LogP contribution < -0.4 is 5.73 Å². The summed E-state index contributed by atoms with van der Waals surface area (Å²) in [5.41, 5.74) is 4.34. The van der Waals surface area contributed by atoms with Gasteiger partial charge in [-0.1, -0.05) is 6.07 Å². The van der Waals surface area contributed by atoms with Crippen molar-refractivity contribution in [2.75, 3.05) is 12.8 Å². The van der Waals surface area contributed by atoms with E-state index in [1.807, 2.05) is 0 Å². The molecule has 2 aromatic rings. The Kier molecular flexibility index (Phi) is 4.03. The second-order valence-electron chi connectivity index (χ2n) is 4.35. The van der Waals surface area contributed by atoms with Crippen LogP contribution in [0, 0.1) is 5.82 Å². The smallest absolute Gasteiger partial charge is 0.416 e. The SMILES string of the molecule is COC(=O)c1ncc(-c2ccc(C(F)(F)F)cc2F)cc1N. The van der Waals surface area contributed by atoms with Gasteiger partial charge in [-0.3, -0.25) is 0 Å². The van der Waals surface area contributed by atoms with Crippen molar-refractivity contribution in [3.05, 3.63) is 47.5 Å². The van der Waals surface area contributed by atoms with E-state index in [0.29, 0.717) is 6.07 Å². The first-order chi connectivity index (χ1) is 10.2. The minimum absolute atomic E-state index is 0.0661. The molecule has 1 aromatic heterocycles. The average molecular weight is 314 g/mol. The zero-order valence-corrected chi connectivity index (χ0v) is 11.2. The second kappa shape index (κ2) is 5.63. The molecule has 0 aliphatic heterocycles. The Bertz CT molecular complexity index is 729. The van der Waals surface area contributed by atoms with Crippen molar-refractivity contribution in [1.29, 1.82) is 0 Å². The molecule has 22 heavy (non-hydrogen) atoms. The number of rotatable bonds is 2. The van der Waals surface area contributed by atoms with Crippen molar-refractivity contribution in [1.82, 2.24) is 4.98 Å². The zero-order chi connectivity index (χ0) is 16.5. The zero-order valence-electron chi connectivity index (χ0n) is 11.2. The lowest BCUT2D eigenvalue weighted by Crippen LogP contribution is -2.08. The minimum Gasteiger partial charge on any atom is -0.464 e. The van der Waals surface area contributed by atoms with Gasteiger partial charge >= 0.3 is 12.1 Å². The van der Waals surface area contributed by atoms with E-state index in [9.17, 15) is 22.4 Å². The van der Waals surface area contributed by atoms with Crippen LogP contribution in [0.2, 0.25) is 0 Å². The molecule has 0 bridgehead atoms. The molecule has 1 heterocycles. The Labute approximate surface area is 122 Å². The summed E-state index contributed by atoms with van der Waals surface area (Å²) >= 11 is 0. The van der Waals surface area contributed by atoms with E-state index in [-0.39, 0.29) is 22.5 Å². The molecule has 2 N–H and O–H groups in total. The predicted octanol–water partition coefficient (Wildman–Crippen LogP) is 3.28. The monoisotopic (exact) mass is 314 g/mol. The van der Waals surface area contributed by atoms with Crippen LogP contribution in [0.3, 0.4) is 0 Å². The molecule has 8 heteroatoms. The summed E-state index contributed by atoms with van der Waals surface area (Å²) in [5, 5.41) is 0. The van der Waals surface area contributed by atoms with Crippen molar-refractivity contribution in [3.63, 3.8) is 0 Å². The van der Waals surface area contributed by atoms with Crippen LogP contribution in [0.1, 0.15) is 16.1 Å². The molecule has 0 radical (unpaired) electrons. The van der Waals surface area contributed by atoms with Gasteiger partial charge in [0.05, 0.1) is 18.4 Å². The van der Waals surface area contributed by atoms with E-state index in [4.69, 9.17) is 5.73 Å². The Balaban J connectivity index is 2.45. The van der Waals surface area contributed by atoms with Gasteiger partial charge in [0, 0.05) is 17.3 Å². The van der Waals surface area contributed by atoms with Crippen LogP contribution in [0.5, 0.6) is 0 Å². The predicted molar refractivity (Wildman–Crippen MR) is 70.4 cm³/mol. The summed E-state index contributed by atoms with van der Waals surface area (Å²) in [6, 6.07) is 3.36. The average Bonchev–Trinajstić information content (AvgIpc) is 2.45. The number of alkyl halides is 3. The number of methoxy groups -OCH3 is 1. The number of carbonyl (C=O) groups is 1. The van der Waals surface area contributed by atoms with Gasteiger partial charge in [-0.25, -0.2) is 14.2 Å². The molecule has 0 saturated heterocycles. The standard InChI is InChI=1S/C14H10F4N2O2/c1-22-13(21)12-11(19)4-7(6-20-12)9-3-2-8(5-10(9)15)14(16,17)18/h2-6H,19H2,1H3. The molecule has 0 aliphatic rings. The summed E-state index contributed by atoms with van der Waals surface area (Å²) in [4.78, 5) is 15.1. The molecule has 0 amide bonds. The fourth-order valence-corrected chi connectivity index (χ4v) is 1.82. The summed E-state index contributed by atoms with van der Waals surface area (Å²) in [6.45, 7) is 0. The third kappa shape index (κ3) is 3.00. The van der Waals surface area contributed by atoms with Crippen LogP contribution in [-0.4, -0.2) is 18.1 Å². The molecule has 0 spiro atoms. The quantitative estimate of drug-likeness (QED) is 0.682. The molecule has 0 atom stereocenters. The molecule has 0 saturated carbocycles. The van der Waals surface area contributed by atoms with Crippen molar-refractivity contribution < 1.29 is 27.1 Å². The number of aromatic nitrogens is 1. The highest BCUT2D eigenvalue weighted by Gasteiger charge is 2.31. The number of hydrogen-bond donors (Lipinski definition) is 1. The Morgan fingerprint density at radius 1 is 1.27 bits per heavy atom. The third-order valence-corrected chi connectivity index (χ3v) is 2.90. The fourth-order valence-electron chi connectivity index (χ4n) is 1.82. The third-order valence-electron chi connectivity index (χ3n) is 2.90. The van der Waals surface area contributed by atoms with E-state index in [1.54, 1.807) is 0 Å². The molecular formula is C14H10F4N2O2. The normalized spacial score (nSPS) is 11.3. The highest BCUT2D eigenvalue weighted by Crippen LogP contribution is 2.33. The summed E-state index contributed by atoms with van der Waals surface area (Å²) in [7, 11) is 1.15. The number of halogens is 4. The van der Waals surface area contributed by atoms with Gasteiger partial charge in [-0.05, 0) is 18.2 Å². The number of hydrogen-bond acceptors (Lipinski definition) is 4. The van der Waals surface area contributed by atoms with Crippen LogP contribution >= 0.6 is 0 Å². The van der Waals surface area contributed by atoms with Gasteiger partial charge < -0.3 is 10.5 Å². The molecule has 0 aliphatic carbocycles. The number of carbonyl (C=O) groups excluding carboxylic acids is 1.